The predicted molar refractivity (Wildman–Crippen MR) is 73.3 cm³/mol. The first kappa shape index (κ1) is 13.3. The van der Waals surface area contributed by atoms with Crippen molar-refractivity contribution in [3.63, 3.8) is 0 Å². The van der Waals surface area contributed by atoms with Gasteiger partial charge < -0.3 is 10.4 Å². The van der Waals surface area contributed by atoms with Crippen LogP contribution in [0.4, 0.5) is 0 Å². The van der Waals surface area contributed by atoms with Crippen LogP contribution >= 0.6 is 11.3 Å². The van der Waals surface area contributed by atoms with Gasteiger partial charge in [0.25, 0.3) is 5.91 Å². The molecule has 1 amide bonds. The lowest BCUT2D eigenvalue weighted by atomic mass is 10.1. The zero-order valence-electron chi connectivity index (χ0n) is 10.3. The Labute approximate surface area is 114 Å². The summed E-state index contributed by atoms with van der Waals surface area (Å²) in [6.45, 7) is 1.82. The molecule has 0 aliphatic heterocycles. The zero-order chi connectivity index (χ0) is 13.8. The van der Waals surface area contributed by atoms with Gasteiger partial charge in [-0.25, -0.2) is 4.79 Å². The van der Waals surface area contributed by atoms with Gasteiger partial charge in [-0.3, -0.25) is 4.79 Å². The van der Waals surface area contributed by atoms with E-state index in [4.69, 9.17) is 0 Å². The zero-order valence-corrected chi connectivity index (χ0v) is 11.1. The summed E-state index contributed by atoms with van der Waals surface area (Å²) in [5.41, 5.74) is 1.92. The second kappa shape index (κ2) is 5.67. The number of rotatable bonds is 4. The van der Waals surface area contributed by atoms with E-state index in [2.05, 4.69) is 5.32 Å². The highest BCUT2D eigenvalue weighted by Gasteiger charge is 2.23. The number of carboxylic acid groups (broad SMARTS) is 1. The van der Waals surface area contributed by atoms with Crippen molar-refractivity contribution in [1.82, 2.24) is 5.32 Å². The number of carboxylic acids is 1. The molecular formula is C14H13NO3S. The van der Waals surface area contributed by atoms with Gasteiger partial charge in [-0.2, -0.15) is 11.3 Å². The number of amides is 1. The van der Waals surface area contributed by atoms with Gasteiger partial charge in [0.2, 0.25) is 0 Å². The van der Waals surface area contributed by atoms with Crippen LogP contribution in [-0.2, 0) is 4.79 Å². The van der Waals surface area contributed by atoms with E-state index >= 15 is 0 Å². The largest absolute Gasteiger partial charge is 0.479 e. The lowest BCUT2D eigenvalue weighted by molar-refractivity contribution is -0.139. The number of hydrogen-bond donors (Lipinski definition) is 2. The molecule has 0 spiro atoms. The number of carbonyl (C=O) groups excluding carboxylic acids is 1. The van der Waals surface area contributed by atoms with Gasteiger partial charge in [0.05, 0.1) is 5.56 Å². The standard InChI is InChI=1S/C14H13NO3S/c1-9-7-19-8-11(9)13(16)15-12(14(17)18)10-5-3-2-4-6-10/h2-8,12H,1H3,(H,15,16)(H,17,18)/t12-/m0/s1. The van der Waals surface area contributed by atoms with Crippen molar-refractivity contribution in [1.29, 1.82) is 0 Å². The smallest absolute Gasteiger partial charge is 0.330 e. The number of nitrogens with one attached hydrogen (secondary N) is 1. The Kier molecular flexibility index (Phi) is 3.97. The van der Waals surface area contributed by atoms with Crippen molar-refractivity contribution in [2.75, 3.05) is 0 Å². The number of aryl methyl sites for hydroxylation is 1. The molecule has 98 valence electrons. The van der Waals surface area contributed by atoms with Gasteiger partial charge in [0.15, 0.2) is 6.04 Å². The molecule has 0 unspecified atom stereocenters. The third-order valence-electron chi connectivity index (χ3n) is 2.76. The molecule has 2 rings (SSSR count). The van der Waals surface area contributed by atoms with Crippen molar-refractivity contribution < 1.29 is 14.7 Å². The summed E-state index contributed by atoms with van der Waals surface area (Å²) in [7, 11) is 0. The van der Waals surface area contributed by atoms with Gasteiger partial charge in [0, 0.05) is 5.38 Å². The number of carbonyl (C=O) groups is 2. The van der Waals surface area contributed by atoms with Gasteiger partial charge >= 0.3 is 5.97 Å². The first-order chi connectivity index (χ1) is 9.09. The summed E-state index contributed by atoms with van der Waals surface area (Å²) < 4.78 is 0. The quantitative estimate of drug-likeness (QED) is 0.901. The molecular weight excluding hydrogens is 262 g/mol. The molecule has 0 aliphatic rings. The van der Waals surface area contributed by atoms with E-state index in [1.54, 1.807) is 35.7 Å². The minimum absolute atomic E-state index is 0.366. The maximum atomic E-state index is 12.0. The van der Waals surface area contributed by atoms with E-state index < -0.39 is 12.0 Å². The summed E-state index contributed by atoms with van der Waals surface area (Å²) in [4.78, 5) is 23.3. The summed E-state index contributed by atoms with van der Waals surface area (Å²) in [5.74, 6) is -1.44. The normalized spacial score (nSPS) is 11.8. The van der Waals surface area contributed by atoms with Crippen LogP contribution in [0.25, 0.3) is 0 Å². The first-order valence-corrected chi connectivity index (χ1v) is 6.65. The highest BCUT2D eigenvalue weighted by atomic mass is 32.1. The van der Waals surface area contributed by atoms with Crippen molar-refractivity contribution >= 4 is 23.2 Å². The van der Waals surface area contributed by atoms with Gasteiger partial charge in [0.1, 0.15) is 0 Å². The average molecular weight is 275 g/mol. The van der Waals surface area contributed by atoms with Crippen molar-refractivity contribution in [2.24, 2.45) is 0 Å². The van der Waals surface area contributed by atoms with Crippen LogP contribution in [-0.4, -0.2) is 17.0 Å². The molecule has 2 aromatic rings. The third-order valence-corrected chi connectivity index (χ3v) is 3.62. The second-order valence-corrected chi connectivity index (χ2v) is 4.87. The highest BCUT2D eigenvalue weighted by molar-refractivity contribution is 7.08. The fourth-order valence-electron chi connectivity index (χ4n) is 1.74. The van der Waals surface area contributed by atoms with E-state index in [1.807, 2.05) is 12.3 Å². The summed E-state index contributed by atoms with van der Waals surface area (Å²) in [5, 5.41) is 15.3. The molecule has 0 saturated carbocycles. The van der Waals surface area contributed by atoms with E-state index in [1.165, 1.54) is 11.3 Å². The number of thiophene rings is 1. The van der Waals surface area contributed by atoms with E-state index in [9.17, 15) is 14.7 Å². The molecule has 1 heterocycles. The van der Waals surface area contributed by atoms with Crippen LogP contribution in [0.2, 0.25) is 0 Å². The predicted octanol–water partition coefficient (Wildman–Crippen LogP) is 2.61. The Morgan fingerprint density at radius 2 is 1.89 bits per heavy atom. The molecule has 19 heavy (non-hydrogen) atoms. The Balaban J connectivity index is 2.21. The van der Waals surface area contributed by atoms with Crippen molar-refractivity contribution in [2.45, 2.75) is 13.0 Å². The lowest BCUT2D eigenvalue weighted by Gasteiger charge is -2.14. The first-order valence-electron chi connectivity index (χ1n) is 5.71. The van der Waals surface area contributed by atoms with Crippen molar-refractivity contribution in [3.05, 3.63) is 57.8 Å². The van der Waals surface area contributed by atoms with Crippen LogP contribution in [0.1, 0.15) is 27.5 Å². The molecule has 0 aliphatic carbocycles. The molecule has 0 saturated heterocycles. The topological polar surface area (TPSA) is 66.4 Å². The maximum Gasteiger partial charge on any atom is 0.330 e. The molecule has 1 aromatic heterocycles. The number of benzene rings is 1. The Morgan fingerprint density at radius 1 is 1.21 bits per heavy atom. The van der Waals surface area contributed by atoms with Crippen LogP contribution in [0.5, 0.6) is 0 Å². The lowest BCUT2D eigenvalue weighted by Crippen LogP contribution is -2.33. The number of hydrogen-bond acceptors (Lipinski definition) is 3. The van der Waals surface area contributed by atoms with Crippen molar-refractivity contribution in [3.8, 4) is 0 Å². The van der Waals surface area contributed by atoms with Crippen LogP contribution in [0, 0.1) is 6.92 Å². The molecule has 2 N–H and O–H groups in total. The van der Waals surface area contributed by atoms with Crippen LogP contribution < -0.4 is 5.32 Å². The fourth-order valence-corrected chi connectivity index (χ4v) is 2.56. The van der Waals surface area contributed by atoms with E-state index in [-0.39, 0.29) is 5.91 Å². The van der Waals surface area contributed by atoms with E-state index in [0.29, 0.717) is 11.1 Å². The van der Waals surface area contributed by atoms with Gasteiger partial charge in [-0.15, -0.1) is 0 Å². The second-order valence-electron chi connectivity index (χ2n) is 4.12. The van der Waals surface area contributed by atoms with Gasteiger partial charge in [-0.1, -0.05) is 30.3 Å². The highest BCUT2D eigenvalue weighted by Crippen LogP contribution is 2.17. The van der Waals surface area contributed by atoms with Gasteiger partial charge in [-0.05, 0) is 23.4 Å². The summed E-state index contributed by atoms with van der Waals surface area (Å²) in [6, 6.07) is 7.61. The SMILES string of the molecule is Cc1cscc1C(=O)N[C@H](C(=O)O)c1ccccc1. The molecule has 1 aromatic carbocycles. The summed E-state index contributed by atoms with van der Waals surface area (Å²) >= 11 is 1.42. The fraction of sp³-hybridized carbons (Fsp3) is 0.143. The monoisotopic (exact) mass is 275 g/mol. The Hall–Kier alpha value is -2.14. The third kappa shape index (κ3) is 3.00. The molecule has 1 atom stereocenters. The van der Waals surface area contributed by atoms with E-state index in [0.717, 1.165) is 5.56 Å². The summed E-state index contributed by atoms with van der Waals surface area (Å²) in [6.07, 6.45) is 0. The average Bonchev–Trinajstić information content (AvgIpc) is 2.82. The minimum Gasteiger partial charge on any atom is -0.479 e. The molecule has 4 nitrogen and oxygen atoms in total. The Bertz CT molecular complexity index is 592. The molecule has 0 bridgehead atoms. The molecule has 0 fully saturated rings. The minimum atomic E-state index is -1.08. The molecule has 5 heteroatoms. The molecule has 0 radical (unpaired) electrons. The Morgan fingerprint density at radius 3 is 2.42 bits per heavy atom. The number of aliphatic carboxylic acids is 1. The van der Waals surface area contributed by atoms with Crippen LogP contribution in [0.15, 0.2) is 41.1 Å². The maximum absolute atomic E-state index is 12.0. The van der Waals surface area contributed by atoms with Crippen LogP contribution in [0.3, 0.4) is 0 Å².